The third-order valence-electron chi connectivity index (χ3n) is 6.01. The predicted molar refractivity (Wildman–Crippen MR) is 83.6 cm³/mol. The van der Waals surface area contributed by atoms with E-state index in [0.717, 1.165) is 18.3 Å². The lowest BCUT2D eigenvalue weighted by atomic mass is 9.45. The largest absolute Gasteiger partial charge is 0.335 e. The molecule has 0 aromatic rings. The van der Waals surface area contributed by atoms with E-state index in [1.807, 2.05) is 4.90 Å². The van der Waals surface area contributed by atoms with Crippen LogP contribution in [0.2, 0.25) is 0 Å². The Bertz CT molecular complexity index is 367. The molecule has 0 saturated heterocycles. The molecule has 4 atom stereocenters. The average molecular weight is 280 g/mol. The van der Waals surface area contributed by atoms with Crippen molar-refractivity contribution in [1.29, 1.82) is 0 Å². The molecule has 2 unspecified atom stereocenters. The number of amides is 2. The summed E-state index contributed by atoms with van der Waals surface area (Å²) in [6.07, 6.45) is 2.51. The summed E-state index contributed by atoms with van der Waals surface area (Å²) >= 11 is 0. The minimum absolute atomic E-state index is 0.117. The first-order valence-electron chi connectivity index (χ1n) is 8.25. The Kier molecular flexibility index (Phi) is 4.10. The molecule has 3 aliphatic carbocycles. The molecule has 116 valence electrons. The van der Waals surface area contributed by atoms with Gasteiger partial charge < -0.3 is 10.2 Å². The quantitative estimate of drug-likeness (QED) is 0.836. The highest BCUT2D eigenvalue weighted by Gasteiger charge is 2.56. The Morgan fingerprint density at radius 1 is 1.15 bits per heavy atom. The highest BCUT2D eigenvalue weighted by molar-refractivity contribution is 5.75. The maximum atomic E-state index is 12.5. The number of urea groups is 1. The second-order valence-electron chi connectivity index (χ2n) is 8.11. The van der Waals surface area contributed by atoms with Crippen LogP contribution in [0.5, 0.6) is 0 Å². The SMILES string of the molecule is CC1C(NC(=O)N(C(C)C)C(C)C)C[C@@H]2C[C@H]1C2(C)C. The molecule has 3 saturated carbocycles. The van der Waals surface area contributed by atoms with Gasteiger partial charge in [-0.25, -0.2) is 4.79 Å². The maximum Gasteiger partial charge on any atom is 0.318 e. The molecule has 3 heteroatoms. The minimum atomic E-state index is 0.117. The van der Waals surface area contributed by atoms with Gasteiger partial charge in [0.15, 0.2) is 0 Å². The second kappa shape index (κ2) is 5.23. The Labute approximate surface area is 124 Å². The van der Waals surface area contributed by atoms with Gasteiger partial charge in [-0.3, -0.25) is 0 Å². The summed E-state index contributed by atoms with van der Waals surface area (Å²) in [6, 6.07) is 0.977. The molecule has 3 aliphatic rings. The minimum Gasteiger partial charge on any atom is -0.335 e. The molecule has 0 aromatic carbocycles. The lowest BCUT2D eigenvalue weighted by Crippen LogP contribution is -2.62. The topological polar surface area (TPSA) is 32.3 Å². The second-order valence-corrected chi connectivity index (χ2v) is 8.11. The number of rotatable bonds is 3. The van der Waals surface area contributed by atoms with E-state index in [1.165, 1.54) is 6.42 Å². The summed E-state index contributed by atoms with van der Waals surface area (Å²) in [7, 11) is 0. The van der Waals surface area contributed by atoms with Gasteiger partial charge in [0, 0.05) is 18.1 Å². The van der Waals surface area contributed by atoms with Crippen LogP contribution in [0.25, 0.3) is 0 Å². The molecule has 20 heavy (non-hydrogen) atoms. The zero-order valence-corrected chi connectivity index (χ0v) is 14.2. The van der Waals surface area contributed by atoms with Gasteiger partial charge in [0.25, 0.3) is 0 Å². The number of nitrogens with zero attached hydrogens (tertiary/aromatic N) is 1. The molecule has 2 bridgehead atoms. The Hall–Kier alpha value is -0.730. The molecule has 0 aliphatic heterocycles. The van der Waals surface area contributed by atoms with E-state index in [-0.39, 0.29) is 18.1 Å². The van der Waals surface area contributed by atoms with Gasteiger partial charge in [0.2, 0.25) is 0 Å². The number of hydrogen-bond acceptors (Lipinski definition) is 1. The molecule has 3 fully saturated rings. The molecule has 0 heterocycles. The molecule has 2 amide bonds. The van der Waals surface area contributed by atoms with Crippen molar-refractivity contribution in [2.24, 2.45) is 23.2 Å². The Balaban J connectivity index is 1.99. The average Bonchev–Trinajstić information content (AvgIpc) is 2.29. The van der Waals surface area contributed by atoms with E-state index in [1.54, 1.807) is 0 Å². The van der Waals surface area contributed by atoms with Crippen LogP contribution >= 0.6 is 0 Å². The molecule has 3 nitrogen and oxygen atoms in total. The molecule has 0 spiro atoms. The van der Waals surface area contributed by atoms with Gasteiger partial charge in [0.1, 0.15) is 0 Å². The van der Waals surface area contributed by atoms with Gasteiger partial charge in [0.05, 0.1) is 0 Å². The molecule has 0 radical (unpaired) electrons. The number of fused-ring (bicyclic) bond motifs is 2. The standard InChI is InChI=1S/C17H32N2O/c1-10(2)19(11(3)4)16(20)18-15-9-13-8-14(12(15)5)17(13,6)7/h10-15H,8-9H2,1-7H3,(H,18,20)/t12?,13-,14+,15?/m0/s1. The zero-order valence-electron chi connectivity index (χ0n) is 14.2. The van der Waals surface area contributed by atoms with Crippen LogP contribution in [-0.4, -0.2) is 29.1 Å². The van der Waals surface area contributed by atoms with Crippen LogP contribution in [0, 0.1) is 23.2 Å². The highest BCUT2D eigenvalue weighted by Crippen LogP contribution is 2.61. The summed E-state index contributed by atoms with van der Waals surface area (Å²) in [5.74, 6) is 2.17. The normalized spacial score (nSPS) is 34.9. The van der Waals surface area contributed by atoms with Crippen LogP contribution in [0.1, 0.15) is 61.3 Å². The number of carbonyl (C=O) groups is 1. The van der Waals surface area contributed by atoms with Crippen LogP contribution < -0.4 is 5.32 Å². The van der Waals surface area contributed by atoms with Crippen molar-refractivity contribution in [1.82, 2.24) is 10.2 Å². The van der Waals surface area contributed by atoms with Gasteiger partial charge >= 0.3 is 6.03 Å². The van der Waals surface area contributed by atoms with Gasteiger partial charge in [-0.2, -0.15) is 0 Å². The van der Waals surface area contributed by atoms with E-state index in [4.69, 9.17) is 0 Å². The van der Waals surface area contributed by atoms with Crippen molar-refractivity contribution < 1.29 is 4.79 Å². The molecule has 0 aromatic heterocycles. The fourth-order valence-corrected chi connectivity index (χ4v) is 4.64. The molecular formula is C17H32N2O. The smallest absolute Gasteiger partial charge is 0.318 e. The van der Waals surface area contributed by atoms with Crippen molar-refractivity contribution in [3.63, 3.8) is 0 Å². The number of hydrogen-bond donors (Lipinski definition) is 1. The third-order valence-corrected chi connectivity index (χ3v) is 6.01. The van der Waals surface area contributed by atoms with Gasteiger partial charge in [-0.05, 0) is 63.7 Å². The van der Waals surface area contributed by atoms with Crippen molar-refractivity contribution in [3.8, 4) is 0 Å². The molecule has 3 rings (SSSR count). The number of carbonyl (C=O) groups excluding carboxylic acids is 1. The van der Waals surface area contributed by atoms with E-state index in [9.17, 15) is 4.79 Å². The Morgan fingerprint density at radius 2 is 1.70 bits per heavy atom. The van der Waals surface area contributed by atoms with Gasteiger partial charge in [-0.15, -0.1) is 0 Å². The highest BCUT2D eigenvalue weighted by atomic mass is 16.2. The summed E-state index contributed by atoms with van der Waals surface area (Å²) in [6.45, 7) is 15.5. The fraction of sp³-hybridized carbons (Fsp3) is 0.941. The van der Waals surface area contributed by atoms with Crippen LogP contribution in [-0.2, 0) is 0 Å². The van der Waals surface area contributed by atoms with Crippen LogP contribution in [0.3, 0.4) is 0 Å². The number of nitrogens with one attached hydrogen (secondary N) is 1. The third kappa shape index (κ3) is 2.44. The summed E-state index contributed by atoms with van der Waals surface area (Å²) < 4.78 is 0. The first-order valence-corrected chi connectivity index (χ1v) is 8.25. The fourth-order valence-electron chi connectivity index (χ4n) is 4.64. The lowest BCUT2D eigenvalue weighted by Gasteiger charge is -2.62. The van der Waals surface area contributed by atoms with E-state index in [2.05, 4.69) is 53.8 Å². The van der Waals surface area contributed by atoms with E-state index in [0.29, 0.717) is 17.4 Å². The van der Waals surface area contributed by atoms with Gasteiger partial charge in [-0.1, -0.05) is 20.8 Å². The molecular weight excluding hydrogens is 248 g/mol. The monoisotopic (exact) mass is 280 g/mol. The van der Waals surface area contributed by atoms with Crippen molar-refractivity contribution in [3.05, 3.63) is 0 Å². The van der Waals surface area contributed by atoms with E-state index >= 15 is 0 Å². The summed E-state index contributed by atoms with van der Waals surface area (Å²) in [4.78, 5) is 14.5. The zero-order chi connectivity index (χ0) is 15.2. The Morgan fingerprint density at radius 3 is 2.10 bits per heavy atom. The van der Waals surface area contributed by atoms with Crippen molar-refractivity contribution >= 4 is 6.03 Å². The first kappa shape index (κ1) is 15.7. The van der Waals surface area contributed by atoms with Crippen LogP contribution in [0.15, 0.2) is 0 Å². The maximum absolute atomic E-state index is 12.5. The van der Waals surface area contributed by atoms with Crippen molar-refractivity contribution in [2.45, 2.75) is 79.4 Å². The molecule has 1 N–H and O–H groups in total. The summed E-state index contributed by atoms with van der Waals surface area (Å²) in [5, 5.41) is 3.32. The van der Waals surface area contributed by atoms with Crippen molar-refractivity contribution in [2.75, 3.05) is 0 Å². The lowest BCUT2D eigenvalue weighted by molar-refractivity contribution is -0.113. The predicted octanol–water partition coefficient (Wildman–Crippen LogP) is 3.89. The first-order chi connectivity index (χ1) is 9.16. The van der Waals surface area contributed by atoms with Crippen LogP contribution in [0.4, 0.5) is 4.79 Å². The van der Waals surface area contributed by atoms with E-state index < -0.39 is 0 Å². The summed E-state index contributed by atoms with van der Waals surface area (Å²) in [5.41, 5.74) is 0.483.